The van der Waals surface area contributed by atoms with Crippen LogP contribution >= 0.6 is 7.55 Å². The van der Waals surface area contributed by atoms with E-state index in [1.807, 2.05) is 11.9 Å². The lowest BCUT2D eigenvalue weighted by Crippen LogP contribution is -1.89. The quantitative estimate of drug-likeness (QED) is 0.417. The first-order valence-corrected chi connectivity index (χ1v) is 5.15. The molecule has 0 aliphatic carbocycles. The maximum Gasteiger partial charge on any atom is 0.155 e. The van der Waals surface area contributed by atoms with Gasteiger partial charge in [-0.25, -0.2) is 0 Å². The van der Waals surface area contributed by atoms with Crippen LogP contribution in [-0.2, 0) is 4.79 Å². The van der Waals surface area contributed by atoms with Crippen LogP contribution in [0.1, 0.15) is 6.42 Å². The third-order valence-electron chi connectivity index (χ3n) is 1.46. The van der Waals surface area contributed by atoms with Crippen LogP contribution < -0.4 is 0 Å². The summed E-state index contributed by atoms with van der Waals surface area (Å²) in [7, 11) is -0.404. The van der Waals surface area contributed by atoms with Crippen molar-refractivity contribution in [2.45, 2.75) is 6.42 Å². The van der Waals surface area contributed by atoms with Gasteiger partial charge < -0.3 is 0 Å². The summed E-state index contributed by atoms with van der Waals surface area (Å²) in [6, 6.07) is 0. The number of ketones is 1. The van der Waals surface area contributed by atoms with Crippen LogP contribution in [0, 0.1) is 0 Å². The molecule has 1 nitrogen and oxygen atoms in total. The minimum absolute atomic E-state index is 0.353. The van der Waals surface area contributed by atoms with E-state index >= 15 is 0 Å². The van der Waals surface area contributed by atoms with E-state index in [2.05, 4.69) is 6.58 Å². The molecule has 0 aromatic heterocycles. The molecule has 0 spiro atoms. The zero-order chi connectivity index (χ0) is 6.69. The fourth-order valence-electron chi connectivity index (χ4n) is 1.00. The molecule has 50 valence electrons. The molecule has 0 fully saturated rings. The Labute approximate surface area is 56.2 Å². The van der Waals surface area contributed by atoms with Crippen molar-refractivity contribution in [2.24, 2.45) is 0 Å². The normalized spacial score (nSPS) is 25.8. The smallest absolute Gasteiger partial charge is 0.155 e. The molecule has 0 aromatic carbocycles. The summed E-state index contributed by atoms with van der Waals surface area (Å²) >= 11 is 0. The second-order valence-electron chi connectivity index (χ2n) is 2.26. The molecule has 1 rings (SSSR count). The predicted molar refractivity (Wildman–Crippen MR) is 43.9 cm³/mol. The minimum Gasteiger partial charge on any atom is -0.295 e. The van der Waals surface area contributed by atoms with Gasteiger partial charge in [-0.15, -0.1) is 14.1 Å². The van der Waals surface area contributed by atoms with E-state index in [0.717, 1.165) is 18.7 Å². The van der Waals surface area contributed by atoms with Crippen LogP contribution in [0.3, 0.4) is 0 Å². The number of rotatable bonds is 2. The van der Waals surface area contributed by atoms with Crippen molar-refractivity contribution in [1.82, 2.24) is 0 Å². The summed E-state index contributed by atoms with van der Waals surface area (Å²) < 4.78 is 0. The summed E-state index contributed by atoms with van der Waals surface area (Å²) in [4.78, 5) is 10.7. The molecular weight excluding hydrogens is 131 g/mol. The number of Topliss-reactive ketones (excluding diaryl/α,β-unsaturated/α-hetero) is 1. The summed E-state index contributed by atoms with van der Waals surface area (Å²) in [5.41, 5.74) is 0. The summed E-state index contributed by atoms with van der Waals surface area (Å²) in [5.74, 6) is 2.28. The second-order valence-corrected chi connectivity index (χ2v) is 4.78. The van der Waals surface area contributed by atoms with E-state index in [9.17, 15) is 4.79 Å². The van der Waals surface area contributed by atoms with Gasteiger partial charge in [0, 0.05) is 6.42 Å². The number of carbonyl (C=O) groups excluding carboxylic acids is 1. The molecule has 1 heterocycles. The third-order valence-corrected chi connectivity index (χ3v) is 3.90. The summed E-state index contributed by atoms with van der Waals surface area (Å²) in [6.45, 7) is 3.64. The molecule has 0 N–H and O–H groups in total. The van der Waals surface area contributed by atoms with Gasteiger partial charge in [0.25, 0.3) is 0 Å². The van der Waals surface area contributed by atoms with Crippen LogP contribution in [-0.4, -0.2) is 23.9 Å². The number of allylic oxidation sites excluding steroid dienone is 1. The Balaban J connectivity index is 2.51. The van der Waals surface area contributed by atoms with Gasteiger partial charge in [-0.2, -0.15) is 0 Å². The molecule has 1 aliphatic heterocycles. The Morgan fingerprint density at radius 1 is 1.89 bits per heavy atom. The van der Waals surface area contributed by atoms with Crippen LogP contribution in [0.15, 0.2) is 12.7 Å². The highest BCUT2D eigenvalue weighted by Gasteiger charge is 2.08. The van der Waals surface area contributed by atoms with E-state index < -0.39 is 7.55 Å². The fourth-order valence-corrected chi connectivity index (χ4v) is 3.01. The molecule has 0 bridgehead atoms. The average molecular weight is 142 g/mol. The van der Waals surface area contributed by atoms with E-state index in [-0.39, 0.29) is 0 Å². The van der Waals surface area contributed by atoms with Crippen molar-refractivity contribution >= 4 is 19.1 Å². The SMILES string of the molecule is C=CC[PH]1=CC(=O)CC1. The van der Waals surface area contributed by atoms with E-state index in [1.165, 1.54) is 0 Å². The van der Waals surface area contributed by atoms with E-state index in [4.69, 9.17) is 0 Å². The molecule has 0 amide bonds. The lowest BCUT2D eigenvalue weighted by atomic mass is 10.4. The fraction of sp³-hybridized carbons (Fsp3) is 0.429. The molecule has 2 heteroatoms. The van der Waals surface area contributed by atoms with Gasteiger partial charge in [0.2, 0.25) is 0 Å². The zero-order valence-electron chi connectivity index (χ0n) is 5.39. The van der Waals surface area contributed by atoms with Crippen molar-refractivity contribution in [3.63, 3.8) is 0 Å². The molecule has 1 aliphatic rings. The maximum absolute atomic E-state index is 10.7. The van der Waals surface area contributed by atoms with Crippen molar-refractivity contribution in [2.75, 3.05) is 12.3 Å². The van der Waals surface area contributed by atoms with Crippen molar-refractivity contribution in [3.05, 3.63) is 12.7 Å². The standard InChI is InChI=1S/C7H11OP/c1-2-4-9-5-3-7(8)6-9/h2,6,9H,1,3-5H2. The molecule has 1 unspecified atom stereocenters. The number of hydrogen-bond acceptors (Lipinski definition) is 1. The highest BCUT2D eigenvalue weighted by atomic mass is 31.1. The Morgan fingerprint density at radius 2 is 2.67 bits per heavy atom. The van der Waals surface area contributed by atoms with E-state index in [1.54, 1.807) is 0 Å². The number of hydrogen-bond donors (Lipinski definition) is 0. The molecule has 0 radical (unpaired) electrons. The maximum atomic E-state index is 10.7. The van der Waals surface area contributed by atoms with Gasteiger partial charge in [0.1, 0.15) is 0 Å². The first kappa shape index (κ1) is 6.82. The topological polar surface area (TPSA) is 17.1 Å². The van der Waals surface area contributed by atoms with Crippen LogP contribution in [0.5, 0.6) is 0 Å². The molecule has 0 saturated carbocycles. The monoisotopic (exact) mass is 142 g/mol. The van der Waals surface area contributed by atoms with Crippen LogP contribution in [0.4, 0.5) is 0 Å². The lowest BCUT2D eigenvalue weighted by Gasteiger charge is -1.91. The lowest BCUT2D eigenvalue weighted by molar-refractivity contribution is -0.111. The van der Waals surface area contributed by atoms with Gasteiger partial charge in [-0.05, 0) is 18.1 Å². The Morgan fingerprint density at radius 3 is 3.11 bits per heavy atom. The van der Waals surface area contributed by atoms with Gasteiger partial charge in [-0.1, -0.05) is 6.08 Å². The molecule has 0 aromatic rings. The Bertz CT molecular complexity index is 170. The molecule has 1 atom stereocenters. The molecule has 0 saturated heterocycles. The third kappa shape index (κ3) is 1.83. The van der Waals surface area contributed by atoms with Gasteiger partial charge in [-0.3, -0.25) is 4.79 Å². The highest BCUT2D eigenvalue weighted by Crippen LogP contribution is 2.27. The summed E-state index contributed by atoms with van der Waals surface area (Å²) in [6.07, 6.45) is 4.91. The van der Waals surface area contributed by atoms with E-state index in [0.29, 0.717) is 5.78 Å². The van der Waals surface area contributed by atoms with Crippen LogP contribution in [0.25, 0.3) is 0 Å². The van der Waals surface area contributed by atoms with Crippen molar-refractivity contribution in [1.29, 1.82) is 0 Å². The van der Waals surface area contributed by atoms with Crippen molar-refractivity contribution in [3.8, 4) is 0 Å². The minimum atomic E-state index is -0.404. The second kappa shape index (κ2) is 3.03. The van der Waals surface area contributed by atoms with Gasteiger partial charge >= 0.3 is 0 Å². The van der Waals surface area contributed by atoms with Crippen molar-refractivity contribution < 1.29 is 4.79 Å². The molecule has 9 heavy (non-hydrogen) atoms. The van der Waals surface area contributed by atoms with Gasteiger partial charge in [0.05, 0.1) is 0 Å². The first-order chi connectivity index (χ1) is 4.33. The summed E-state index contributed by atoms with van der Waals surface area (Å²) in [5, 5.41) is 0. The Kier molecular flexibility index (Phi) is 2.29. The van der Waals surface area contributed by atoms with Gasteiger partial charge in [0.15, 0.2) is 5.78 Å². The number of carbonyl (C=O) groups is 1. The largest absolute Gasteiger partial charge is 0.295 e. The zero-order valence-corrected chi connectivity index (χ0v) is 6.39. The predicted octanol–water partition coefficient (Wildman–Crippen LogP) is 1.16. The van der Waals surface area contributed by atoms with Crippen LogP contribution in [0.2, 0.25) is 0 Å². The average Bonchev–Trinajstić information content (AvgIpc) is 2.17. The first-order valence-electron chi connectivity index (χ1n) is 3.16. The highest BCUT2D eigenvalue weighted by molar-refractivity contribution is 7.60. The Hall–Kier alpha value is -0.290. The molecular formula is C7H11OP.